The Balaban J connectivity index is 1.41. The molecule has 11 heteroatoms. The number of benzene rings is 1. The zero-order chi connectivity index (χ0) is 23.8. The molecular formula is C24H22N8O3. The molecule has 0 saturated carbocycles. The van der Waals surface area contributed by atoms with Gasteiger partial charge in [-0.2, -0.15) is 14.9 Å². The van der Waals surface area contributed by atoms with Gasteiger partial charge in [-0.15, -0.1) is 0 Å². The highest BCUT2D eigenvalue weighted by Crippen LogP contribution is 2.33. The van der Waals surface area contributed by atoms with Crippen LogP contribution in [-0.4, -0.2) is 61.7 Å². The van der Waals surface area contributed by atoms with Crippen molar-refractivity contribution in [1.29, 1.82) is 0 Å². The highest BCUT2D eigenvalue weighted by atomic mass is 16.5. The Morgan fingerprint density at radius 1 is 1.20 bits per heavy atom. The van der Waals surface area contributed by atoms with Crippen LogP contribution in [0.2, 0.25) is 0 Å². The normalized spacial score (nSPS) is 16.0. The molecular weight excluding hydrogens is 448 g/mol. The standard InChI is InChI=1S/C24H22N8O3/c1-15-12-34-9-8-31(15)22-10-18(19-11-27-32(23(19)29-22)21-6-7-26-30-21)16-2-4-17(5-3-16)28-24(33)20-13-35-14-25-20/h2-7,10-11,13-15H,8-9,12H2,1H3,(H,26,30)(H,28,33)/t15-/m1/s1. The quantitative estimate of drug-likeness (QED) is 0.401. The zero-order valence-corrected chi connectivity index (χ0v) is 18.9. The maximum absolute atomic E-state index is 12.3. The fourth-order valence-electron chi connectivity index (χ4n) is 4.23. The van der Waals surface area contributed by atoms with Crippen LogP contribution in [0.5, 0.6) is 0 Å². The van der Waals surface area contributed by atoms with Crippen LogP contribution in [0.15, 0.2) is 65.9 Å². The first-order valence-corrected chi connectivity index (χ1v) is 11.2. The lowest BCUT2D eigenvalue weighted by molar-refractivity contribution is 0.0985. The predicted octanol–water partition coefficient (Wildman–Crippen LogP) is 3.28. The number of nitrogens with zero attached hydrogens (tertiary/aromatic N) is 6. The molecule has 5 heterocycles. The third-order valence-corrected chi connectivity index (χ3v) is 6.01. The van der Waals surface area contributed by atoms with Crippen LogP contribution in [0, 0.1) is 0 Å². The number of hydrogen-bond acceptors (Lipinski definition) is 8. The van der Waals surface area contributed by atoms with E-state index in [1.807, 2.05) is 30.3 Å². The lowest BCUT2D eigenvalue weighted by atomic mass is 10.0. The van der Waals surface area contributed by atoms with Crippen LogP contribution in [0.25, 0.3) is 28.0 Å². The van der Waals surface area contributed by atoms with Crippen molar-refractivity contribution in [2.45, 2.75) is 13.0 Å². The van der Waals surface area contributed by atoms with Gasteiger partial charge in [0.05, 0.1) is 25.5 Å². The lowest BCUT2D eigenvalue weighted by Crippen LogP contribution is -2.44. The van der Waals surface area contributed by atoms with E-state index in [0.29, 0.717) is 30.4 Å². The molecule has 0 bridgehead atoms. The molecule has 5 aromatic rings. The summed E-state index contributed by atoms with van der Waals surface area (Å²) in [5.41, 5.74) is 3.55. The number of carbonyl (C=O) groups excluding carboxylic acids is 1. The Hall–Kier alpha value is -4.51. The van der Waals surface area contributed by atoms with Crippen molar-refractivity contribution in [3.63, 3.8) is 0 Å². The van der Waals surface area contributed by atoms with E-state index in [1.54, 1.807) is 17.1 Å². The molecule has 1 fully saturated rings. The molecule has 176 valence electrons. The Morgan fingerprint density at radius 3 is 2.83 bits per heavy atom. The van der Waals surface area contributed by atoms with Gasteiger partial charge in [-0.05, 0) is 36.2 Å². The second kappa shape index (κ2) is 8.69. The minimum atomic E-state index is -0.332. The molecule has 1 atom stereocenters. The van der Waals surface area contributed by atoms with Crippen molar-refractivity contribution < 1.29 is 13.9 Å². The van der Waals surface area contributed by atoms with Crippen molar-refractivity contribution >= 4 is 28.4 Å². The largest absolute Gasteiger partial charge is 0.451 e. The third-order valence-electron chi connectivity index (χ3n) is 6.01. The molecule has 0 aliphatic carbocycles. The number of nitrogens with one attached hydrogen (secondary N) is 2. The lowest BCUT2D eigenvalue weighted by Gasteiger charge is -2.34. The van der Waals surface area contributed by atoms with Crippen molar-refractivity contribution in [2.75, 3.05) is 30.0 Å². The molecule has 1 aliphatic rings. The summed E-state index contributed by atoms with van der Waals surface area (Å²) in [6.45, 7) is 4.18. The maximum atomic E-state index is 12.3. The fourth-order valence-corrected chi connectivity index (χ4v) is 4.23. The number of morpholine rings is 1. The van der Waals surface area contributed by atoms with Crippen LogP contribution >= 0.6 is 0 Å². The SMILES string of the molecule is C[C@@H]1COCCN1c1cc(-c2ccc(NC(=O)c3cocn3)cc2)c2cnn(-c3cc[nH]n3)c2n1. The van der Waals surface area contributed by atoms with E-state index >= 15 is 0 Å². The molecule has 0 unspecified atom stereocenters. The monoisotopic (exact) mass is 470 g/mol. The highest BCUT2D eigenvalue weighted by molar-refractivity contribution is 6.03. The summed E-state index contributed by atoms with van der Waals surface area (Å²) in [5, 5.41) is 15.4. The van der Waals surface area contributed by atoms with Crippen LogP contribution in [-0.2, 0) is 4.74 Å². The van der Waals surface area contributed by atoms with Crippen molar-refractivity contribution in [1.82, 2.24) is 29.9 Å². The molecule has 1 saturated heterocycles. The fraction of sp³-hybridized carbons (Fsp3) is 0.208. The number of anilines is 2. The van der Waals surface area contributed by atoms with Gasteiger partial charge in [-0.25, -0.2) is 9.97 Å². The average molecular weight is 470 g/mol. The van der Waals surface area contributed by atoms with Gasteiger partial charge in [0.1, 0.15) is 12.1 Å². The number of rotatable bonds is 5. The first kappa shape index (κ1) is 21.1. The number of oxazole rings is 1. The smallest absolute Gasteiger partial charge is 0.277 e. The first-order valence-electron chi connectivity index (χ1n) is 11.2. The molecule has 11 nitrogen and oxygen atoms in total. The van der Waals surface area contributed by atoms with E-state index < -0.39 is 0 Å². The molecule has 1 aliphatic heterocycles. The number of carbonyl (C=O) groups is 1. The number of ether oxygens (including phenoxy) is 1. The predicted molar refractivity (Wildman–Crippen MR) is 129 cm³/mol. The molecule has 0 spiro atoms. The number of hydrogen-bond donors (Lipinski definition) is 2. The number of fused-ring (bicyclic) bond motifs is 1. The Kier molecular flexibility index (Phi) is 5.23. The van der Waals surface area contributed by atoms with Crippen LogP contribution in [0.4, 0.5) is 11.5 Å². The summed E-state index contributed by atoms with van der Waals surface area (Å²) in [6.07, 6.45) is 6.09. The summed E-state index contributed by atoms with van der Waals surface area (Å²) < 4.78 is 12.2. The average Bonchev–Trinajstić information content (AvgIpc) is 3.66. The molecule has 4 aromatic heterocycles. The second-order valence-corrected chi connectivity index (χ2v) is 8.28. The van der Waals surface area contributed by atoms with E-state index in [2.05, 4.69) is 43.5 Å². The molecule has 2 N–H and O–H groups in total. The van der Waals surface area contributed by atoms with E-state index in [-0.39, 0.29) is 17.6 Å². The van der Waals surface area contributed by atoms with E-state index in [0.717, 1.165) is 28.9 Å². The first-order chi connectivity index (χ1) is 17.2. The number of H-pyrrole nitrogens is 1. The van der Waals surface area contributed by atoms with Crippen LogP contribution in [0.1, 0.15) is 17.4 Å². The van der Waals surface area contributed by atoms with Crippen molar-refractivity contribution in [2.24, 2.45) is 0 Å². The number of aromatic nitrogens is 6. The van der Waals surface area contributed by atoms with E-state index in [9.17, 15) is 4.79 Å². The highest BCUT2D eigenvalue weighted by Gasteiger charge is 2.23. The number of pyridine rings is 1. The van der Waals surface area contributed by atoms with Crippen molar-refractivity contribution in [3.8, 4) is 16.9 Å². The molecule has 6 rings (SSSR count). The molecule has 0 radical (unpaired) electrons. The van der Waals surface area contributed by atoms with Gasteiger partial charge in [-0.1, -0.05) is 12.1 Å². The maximum Gasteiger partial charge on any atom is 0.277 e. The number of aromatic amines is 1. The van der Waals surface area contributed by atoms with Gasteiger partial charge in [-0.3, -0.25) is 9.89 Å². The van der Waals surface area contributed by atoms with Crippen LogP contribution in [0.3, 0.4) is 0 Å². The molecule has 1 amide bonds. The van der Waals surface area contributed by atoms with Gasteiger partial charge in [0.2, 0.25) is 0 Å². The van der Waals surface area contributed by atoms with Gasteiger partial charge >= 0.3 is 0 Å². The minimum absolute atomic E-state index is 0.192. The van der Waals surface area contributed by atoms with E-state index in [1.165, 1.54) is 12.7 Å². The van der Waals surface area contributed by atoms with Crippen molar-refractivity contribution in [3.05, 3.63) is 67.1 Å². The van der Waals surface area contributed by atoms with E-state index in [4.69, 9.17) is 14.1 Å². The summed E-state index contributed by atoms with van der Waals surface area (Å²) in [6, 6.07) is 11.8. The summed E-state index contributed by atoms with van der Waals surface area (Å²) in [4.78, 5) is 23.4. The van der Waals surface area contributed by atoms with Crippen LogP contribution < -0.4 is 10.2 Å². The minimum Gasteiger partial charge on any atom is -0.451 e. The van der Waals surface area contributed by atoms with Gasteiger partial charge in [0.25, 0.3) is 5.91 Å². The topological polar surface area (TPSA) is 127 Å². The third kappa shape index (κ3) is 3.91. The second-order valence-electron chi connectivity index (χ2n) is 8.28. The molecule has 1 aromatic carbocycles. The number of amides is 1. The Morgan fingerprint density at radius 2 is 2.09 bits per heavy atom. The summed E-state index contributed by atoms with van der Waals surface area (Å²) in [7, 11) is 0. The molecule has 35 heavy (non-hydrogen) atoms. The van der Waals surface area contributed by atoms with Gasteiger partial charge in [0.15, 0.2) is 23.6 Å². The van der Waals surface area contributed by atoms with Gasteiger partial charge in [0, 0.05) is 29.9 Å². The van der Waals surface area contributed by atoms with Gasteiger partial charge < -0.3 is 19.4 Å². The zero-order valence-electron chi connectivity index (χ0n) is 18.9. The summed E-state index contributed by atoms with van der Waals surface area (Å²) in [5.74, 6) is 1.18. The summed E-state index contributed by atoms with van der Waals surface area (Å²) >= 11 is 0. The Bertz CT molecular complexity index is 1460. The Labute approximate surface area is 199 Å².